The number of hydrogen-bond donors (Lipinski definition) is 0. The zero-order valence-electron chi connectivity index (χ0n) is 3.13. The van der Waals surface area contributed by atoms with Crippen LogP contribution < -0.4 is 0 Å². The molecule has 0 radical (unpaired) electrons. The normalized spacial score (nSPS) is 13.7. The van der Waals surface area contributed by atoms with Gasteiger partial charge < -0.3 is 9.47 Å². The fourth-order valence-corrected chi connectivity index (χ4v) is 0.219. The van der Waals surface area contributed by atoms with Crippen LogP contribution in [-0.2, 0) is 9.47 Å². The molecule has 0 aromatic heterocycles. The molecule has 0 spiro atoms. The third kappa shape index (κ3) is 2.97. The van der Waals surface area contributed by atoms with E-state index >= 15 is 0 Å². The summed E-state index contributed by atoms with van der Waals surface area (Å²) >= 11 is 0. The predicted molar refractivity (Wildman–Crippen MR) is 29.0 cm³/mol. The van der Waals surface area contributed by atoms with Crippen LogP contribution in [0.4, 0.5) is 0 Å². The van der Waals surface area contributed by atoms with Crippen molar-refractivity contribution < 1.29 is 9.47 Å². The van der Waals surface area contributed by atoms with Gasteiger partial charge in [0.15, 0.2) is 0 Å². The number of ether oxygens (including phenoxy) is 2. The van der Waals surface area contributed by atoms with Gasteiger partial charge in [0.25, 0.3) is 0 Å². The predicted octanol–water partition coefficient (Wildman–Crippen LogP) is 0.0594. The first-order valence-corrected chi connectivity index (χ1v) is 1.61. The second kappa shape index (κ2) is 4.50. The molecule has 36 valence electrons. The van der Waals surface area contributed by atoms with Gasteiger partial charge in [-0.3, -0.25) is 0 Å². The van der Waals surface area contributed by atoms with Crippen LogP contribution in [0.5, 0.6) is 0 Å². The third-order valence-electron chi connectivity index (χ3n) is 0.425. The second-order valence-electron chi connectivity index (χ2n) is 0.816. The Labute approximate surface area is 71.8 Å². The Kier molecular flexibility index (Phi) is 4.72. The first-order chi connectivity index (χ1) is 3.00. The molecule has 0 bridgehead atoms. The Morgan fingerprint density at radius 3 is 1.14 bits per heavy atom. The maximum atomic E-state index is 4.58. The van der Waals surface area contributed by atoms with E-state index in [0.717, 1.165) is 0 Å². The van der Waals surface area contributed by atoms with Crippen molar-refractivity contribution in [3.05, 3.63) is 25.0 Å². The number of rotatable bonds is 0. The van der Waals surface area contributed by atoms with E-state index < -0.39 is 0 Å². The van der Waals surface area contributed by atoms with Crippen molar-refractivity contribution in [2.24, 2.45) is 0 Å². The van der Waals surface area contributed by atoms with Crippen molar-refractivity contribution in [3.8, 4) is 0 Å². The minimum atomic E-state index is 0. The van der Waals surface area contributed by atoms with Gasteiger partial charge in [-0.1, -0.05) is 0 Å². The molecule has 7 heavy (non-hydrogen) atoms. The van der Waals surface area contributed by atoms with Gasteiger partial charge in [-0.15, -0.1) is 0 Å². The molecule has 0 aromatic rings. The molecule has 3 heteroatoms. The van der Waals surface area contributed by atoms with Crippen LogP contribution >= 0.6 is 0 Å². The molecule has 0 atom stereocenters. The molecule has 1 heterocycles. The maximum absolute atomic E-state index is 4.58. The summed E-state index contributed by atoms with van der Waals surface area (Å²) in [6.45, 7) is 0. The quantitative estimate of drug-likeness (QED) is 0.427. The fourth-order valence-electron chi connectivity index (χ4n) is 0.219. The first-order valence-electron chi connectivity index (χ1n) is 1.61. The Morgan fingerprint density at radius 1 is 0.714 bits per heavy atom. The summed E-state index contributed by atoms with van der Waals surface area (Å²) in [5, 5.41) is 0. The molecular weight excluding hydrogens is 120 g/mol. The Bertz CT molecular complexity index is 67.7. The molecule has 1 rings (SSSR count). The molecule has 0 aliphatic carbocycles. The van der Waals surface area contributed by atoms with Gasteiger partial charge in [-0.25, -0.2) is 0 Å². The van der Waals surface area contributed by atoms with Crippen LogP contribution in [0.2, 0.25) is 0 Å². The van der Waals surface area contributed by atoms with Crippen molar-refractivity contribution >= 4 is 37.7 Å². The van der Waals surface area contributed by atoms with E-state index in [2.05, 4.69) is 9.47 Å². The van der Waals surface area contributed by atoms with Gasteiger partial charge in [0.05, 0.1) is 0 Å². The van der Waals surface area contributed by atoms with Crippen molar-refractivity contribution in [1.82, 2.24) is 0 Å². The topological polar surface area (TPSA) is 18.5 Å². The van der Waals surface area contributed by atoms with E-state index in [4.69, 9.17) is 0 Å². The standard InChI is InChI=1S/C4H4O2.Ca.2H/c1-2-6-4-3-5-1;;;/h1-4H;;;. The van der Waals surface area contributed by atoms with E-state index in [0.29, 0.717) is 0 Å². The van der Waals surface area contributed by atoms with Crippen LogP contribution in [0.25, 0.3) is 0 Å². The van der Waals surface area contributed by atoms with E-state index in [9.17, 15) is 0 Å². The van der Waals surface area contributed by atoms with Crippen molar-refractivity contribution in [2.75, 3.05) is 0 Å². The van der Waals surface area contributed by atoms with E-state index in [1.54, 1.807) is 0 Å². The van der Waals surface area contributed by atoms with Crippen LogP contribution in [0.15, 0.2) is 25.0 Å². The fraction of sp³-hybridized carbons (Fsp3) is 0. The summed E-state index contributed by atoms with van der Waals surface area (Å²) in [4.78, 5) is 0. The van der Waals surface area contributed by atoms with Crippen molar-refractivity contribution in [3.63, 3.8) is 0 Å². The second-order valence-corrected chi connectivity index (χ2v) is 0.816. The summed E-state index contributed by atoms with van der Waals surface area (Å²) in [6, 6.07) is 0. The Morgan fingerprint density at radius 2 is 1.00 bits per heavy atom. The zero-order valence-corrected chi connectivity index (χ0v) is 3.13. The van der Waals surface area contributed by atoms with Gasteiger partial charge in [0, 0.05) is 0 Å². The summed E-state index contributed by atoms with van der Waals surface area (Å²) in [6.07, 6.45) is 5.83. The van der Waals surface area contributed by atoms with Crippen LogP contribution in [0, 0.1) is 0 Å². The SMILES string of the molecule is C1=COC=CO1.[CaH2]. The molecule has 0 N–H and O–H groups in total. The van der Waals surface area contributed by atoms with Crippen LogP contribution in [0.1, 0.15) is 0 Å². The van der Waals surface area contributed by atoms with Crippen LogP contribution in [0.3, 0.4) is 0 Å². The van der Waals surface area contributed by atoms with E-state index in [-0.39, 0.29) is 37.7 Å². The van der Waals surface area contributed by atoms with Crippen molar-refractivity contribution in [2.45, 2.75) is 0 Å². The average molecular weight is 126 g/mol. The summed E-state index contributed by atoms with van der Waals surface area (Å²) in [7, 11) is 0. The van der Waals surface area contributed by atoms with E-state index in [1.807, 2.05) is 0 Å². The van der Waals surface area contributed by atoms with Crippen LogP contribution in [-0.4, -0.2) is 37.7 Å². The zero-order chi connectivity index (χ0) is 4.24. The van der Waals surface area contributed by atoms with E-state index in [1.165, 1.54) is 25.0 Å². The van der Waals surface area contributed by atoms with Crippen molar-refractivity contribution in [1.29, 1.82) is 0 Å². The minimum absolute atomic E-state index is 0. The Hall–Kier alpha value is 0.340. The average Bonchev–Trinajstić information content (AvgIpc) is 1.72. The monoisotopic (exact) mass is 126 g/mol. The molecular formula is C4H6CaO2. The van der Waals surface area contributed by atoms with Gasteiger partial charge in [-0.05, 0) is 0 Å². The number of hydrogen-bond acceptors (Lipinski definition) is 2. The molecule has 0 saturated heterocycles. The van der Waals surface area contributed by atoms with Gasteiger partial charge in [0.1, 0.15) is 25.0 Å². The molecule has 0 amide bonds. The summed E-state index contributed by atoms with van der Waals surface area (Å²) in [5.41, 5.74) is 0. The molecule has 2 nitrogen and oxygen atoms in total. The van der Waals surface area contributed by atoms with Gasteiger partial charge in [0.2, 0.25) is 0 Å². The molecule has 0 aromatic carbocycles. The molecule has 0 saturated carbocycles. The molecule has 1 aliphatic rings. The molecule has 1 aliphatic heterocycles. The molecule has 0 unspecified atom stereocenters. The Balaban J connectivity index is 0.000000360. The third-order valence-corrected chi connectivity index (χ3v) is 0.425. The summed E-state index contributed by atoms with van der Waals surface area (Å²) in [5.74, 6) is 0. The van der Waals surface area contributed by atoms with Gasteiger partial charge in [-0.2, -0.15) is 0 Å². The van der Waals surface area contributed by atoms with Gasteiger partial charge >= 0.3 is 37.7 Å². The molecule has 0 fully saturated rings. The summed E-state index contributed by atoms with van der Waals surface area (Å²) < 4.78 is 9.17. The first kappa shape index (κ1) is 7.34.